The number of ether oxygens (including phenoxy) is 1. The van der Waals surface area contributed by atoms with Gasteiger partial charge in [0.15, 0.2) is 0 Å². The molecule has 0 aromatic carbocycles. The minimum Gasteiger partial charge on any atom is -0.481 e. The topological polar surface area (TPSA) is 34.1 Å². The first-order valence-corrected chi connectivity index (χ1v) is 6.80. The van der Waals surface area contributed by atoms with Crippen LogP contribution in [0.25, 0.3) is 0 Å². The van der Waals surface area contributed by atoms with Crippen LogP contribution in [0.4, 0.5) is 5.82 Å². The Morgan fingerprint density at radius 1 is 1.50 bits per heavy atom. The van der Waals surface area contributed by atoms with Gasteiger partial charge in [-0.1, -0.05) is 12.5 Å². The van der Waals surface area contributed by atoms with Crippen molar-refractivity contribution < 1.29 is 4.74 Å². The third kappa shape index (κ3) is 2.43. The maximum Gasteiger partial charge on any atom is 0.214 e. The molecule has 0 radical (unpaired) electrons. The lowest BCUT2D eigenvalue weighted by Gasteiger charge is -2.40. The lowest BCUT2D eigenvalue weighted by molar-refractivity contribution is 0.378. The van der Waals surface area contributed by atoms with Crippen LogP contribution in [0.1, 0.15) is 19.3 Å². The number of hydrogen-bond acceptors (Lipinski definition) is 4. The smallest absolute Gasteiger partial charge is 0.214 e. The van der Waals surface area contributed by atoms with Crippen LogP contribution in [0.5, 0.6) is 5.88 Å². The monoisotopic (exact) mass is 238 g/mol. The molecule has 1 aromatic heterocycles. The van der Waals surface area contributed by atoms with Gasteiger partial charge in [-0.2, -0.15) is 16.7 Å². The second kappa shape index (κ2) is 4.95. The summed E-state index contributed by atoms with van der Waals surface area (Å²) in [5.41, 5.74) is 0. The van der Waals surface area contributed by atoms with Gasteiger partial charge in [0.2, 0.25) is 5.88 Å². The van der Waals surface area contributed by atoms with E-state index in [1.54, 1.807) is 7.11 Å². The highest BCUT2D eigenvalue weighted by molar-refractivity contribution is 8.00. The molecule has 1 aliphatic rings. The highest BCUT2D eigenvalue weighted by Crippen LogP contribution is 2.42. The van der Waals surface area contributed by atoms with E-state index in [0.29, 0.717) is 10.6 Å². The predicted octanol–water partition coefficient (Wildman–Crippen LogP) is 2.79. The molecule has 0 unspecified atom stereocenters. The van der Waals surface area contributed by atoms with E-state index in [4.69, 9.17) is 4.74 Å². The number of aromatic nitrogens is 1. The van der Waals surface area contributed by atoms with E-state index in [1.165, 1.54) is 19.3 Å². The van der Waals surface area contributed by atoms with E-state index < -0.39 is 0 Å². The molecule has 2 rings (SSSR count). The molecule has 0 amide bonds. The Balaban J connectivity index is 1.93. The number of hydrogen-bond donors (Lipinski definition) is 1. The Morgan fingerprint density at radius 3 is 2.88 bits per heavy atom. The van der Waals surface area contributed by atoms with Crippen LogP contribution < -0.4 is 10.1 Å². The fraction of sp³-hybridized carbons (Fsp3) is 0.583. The fourth-order valence-electron chi connectivity index (χ4n) is 1.90. The predicted molar refractivity (Wildman–Crippen MR) is 69.4 cm³/mol. The molecule has 1 N–H and O–H groups in total. The van der Waals surface area contributed by atoms with Crippen LogP contribution in [0, 0.1) is 0 Å². The minimum atomic E-state index is 0.435. The Kier molecular flexibility index (Phi) is 3.59. The molecule has 88 valence electrons. The summed E-state index contributed by atoms with van der Waals surface area (Å²) in [7, 11) is 1.64. The van der Waals surface area contributed by atoms with Crippen molar-refractivity contribution in [1.29, 1.82) is 0 Å². The Bertz CT molecular complexity index is 347. The first kappa shape index (κ1) is 11.6. The third-order valence-corrected chi connectivity index (χ3v) is 4.64. The van der Waals surface area contributed by atoms with Gasteiger partial charge in [-0.15, -0.1) is 0 Å². The first-order chi connectivity index (χ1) is 7.78. The maximum atomic E-state index is 5.10. The molecule has 0 aliphatic heterocycles. The highest BCUT2D eigenvalue weighted by atomic mass is 32.2. The summed E-state index contributed by atoms with van der Waals surface area (Å²) in [5.74, 6) is 1.57. The molecular weight excluding hydrogens is 220 g/mol. The maximum absolute atomic E-state index is 5.10. The quantitative estimate of drug-likeness (QED) is 0.855. The van der Waals surface area contributed by atoms with Crippen LogP contribution in [0.15, 0.2) is 18.2 Å². The van der Waals surface area contributed by atoms with Gasteiger partial charge in [-0.3, -0.25) is 0 Å². The largest absolute Gasteiger partial charge is 0.481 e. The van der Waals surface area contributed by atoms with Crippen molar-refractivity contribution in [3.8, 4) is 5.88 Å². The summed E-state index contributed by atoms with van der Waals surface area (Å²) in [4.78, 5) is 4.34. The molecule has 0 atom stereocenters. The third-order valence-electron chi connectivity index (χ3n) is 3.22. The molecule has 0 saturated heterocycles. The van der Waals surface area contributed by atoms with Crippen molar-refractivity contribution in [3.05, 3.63) is 18.2 Å². The van der Waals surface area contributed by atoms with Gasteiger partial charge in [0.25, 0.3) is 0 Å². The number of thioether (sulfide) groups is 1. The SMILES string of the molecule is COc1cccc(NCC2(SC)CCC2)n1. The van der Waals surface area contributed by atoms with Crippen molar-refractivity contribution in [2.45, 2.75) is 24.0 Å². The summed E-state index contributed by atoms with van der Waals surface area (Å²) < 4.78 is 5.53. The van der Waals surface area contributed by atoms with Gasteiger partial charge in [0.05, 0.1) is 7.11 Å². The lowest BCUT2D eigenvalue weighted by atomic mass is 9.84. The number of rotatable bonds is 5. The zero-order valence-corrected chi connectivity index (χ0v) is 10.6. The summed E-state index contributed by atoms with van der Waals surface area (Å²) in [6.07, 6.45) is 6.17. The molecule has 1 aromatic rings. The van der Waals surface area contributed by atoms with Gasteiger partial charge in [0.1, 0.15) is 5.82 Å². The van der Waals surface area contributed by atoms with Gasteiger partial charge < -0.3 is 10.1 Å². The van der Waals surface area contributed by atoms with Gasteiger partial charge in [-0.25, -0.2) is 0 Å². The van der Waals surface area contributed by atoms with Crippen LogP contribution in [0.3, 0.4) is 0 Å². The van der Waals surface area contributed by atoms with Crippen molar-refractivity contribution in [2.24, 2.45) is 0 Å². The Hall–Kier alpha value is -0.900. The molecule has 1 heterocycles. The first-order valence-electron chi connectivity index (χ1n) is 5.58. The van der Waals surface area contributed by atoms with E-state index in [2.05, 4.69) is 16.6 Å². The zero-order valence-electron chi connectivity index (χ0n) is 9.82. The molecule has 0 bridgehead atoms. The number of pyridine rings is 1. The van der Waals surface area contributed by atoms with Crippen LogP contribution >= 0.6 is 11.8 Å². The van der Waals surface area contributed by atoms with Crippen LogP contribution in [-0.2, 0) is 0 Å². The summed E-state index contributed by atoms with van der Waals surface area (Å²) in [6.45, 7) is 0.994. The normalized spacial score (nSPS) is 17.6. The second-order valence-corrected chi connectivity index (χ2v) is 5.43. The number of methoxy groups -OCH3 is 1. The Morgan fingerprint density at radius 2 is 2.31 bits per heavy atom. The lowest BCUT2D eigenvalue weighted by Crippen LogP contribution is -2.40. The average molecular weight is 238 g/mol. The molecule has 1 aliphatic carbocycles. The van der Waals surface area contributed by atoms with Crippen LogP contribution in [0.2, 0.25) is 0 Å². The number of anilines is 1. The van der Waals surface area contributed by atoms with Gasteiger partial charge in [-0.05, 0) is 25.2 Å². The minimum absolute atomic E-state index is 0.435. The van der Waals surface area contributed by atoms with E-state index in [9.17, 15) is 0 Å². The van der Waals surface area contributed by atoms with E-state index in [0.717, 1.165) is 12.4 Å². The van der Waals surface area contributed by atoms with Crippen molar-refractivity contribution in [3.63, 3.8) is 0 Å². The van der Waals surface area contributed by atoms with Crippen LogP contribution in [-0.4, -0.2) is 29.6 Å². The zero-order chi connectivity index (χ0) is 11.4. The fourth-order valence-corrected chi connectivity index (χ4v) is 2.82. The van der Waals surface area contributed by atoms with Crippen molar-refractivity contribution in [1.82, 2.24) is 4.98 Å². The number of nitrogens with one attached hydrogen (secondary N) is 1. The standard InChI is InChI=1S/C12H18N2OS/c1-15-11-6-3-5-10(14-11)13-9-12(16-2)7-4-8-12/h3,5-6H,4,7-9H2,1-2H3,(H,13,14). The van der Waals surface area contributed by atoms with Crippen molar-refractivity contribution >= 4 is 17.6 Å². The summed E-state index contributed by atoms with van der Waals surface area (Å²) in [6, 6.07) is 5.80. The highest BCUT2D eigenvalue weighted by Gasteiger charge is 2.35. The average Bonchev–Trinajstić information content (AvgIpc) is 2.29. The Labute approximate surface area is 101 Å². The summed E-state index contributed by atoms with van der Waals surface area (Å²) >= 11 is 1.97. The van der Waals surface area contributed by atoms with Gasteiger partial charge >= 0.3 is 0 Å². The molecule has 1 saturated carbocycles. The van der Waals surface area contributed by atoms with Crippen molar-refractivity contribution in [2.75, 3.05) is 25.2 Å². The van der Waals surface area contributed by atoms with E-state index in [1.807, 2.05) is 30.0 Å². The second-order valence-electron chi connectivity index (χ2n) is 4.16. The molecular formula is C12H18N2OS. The molecule has 3 nitrogen and oxygen atoms in total. The van der Waals surface area contributed by atoms with Gasteiger partial charge in [0, 0.05) is 17.4 Å². The van der Waals surface area contributed by atoms with E-state index in [-0.39, 0.29) is 0 Å². The molecule has 16 heavy (non-hydrogen) atoms. The molecule has 1 fully saturated rings. The van der Waals surface area contributed by atoms with E-state index >= 15 is 0 Å². The number of nitrogens with zero attached hydrogens (tertiary/aromatic N) is 1. The summed E-state index contributed by atoms with van der Waals surface area (Å²) in [5, 5.41) is 3.40. The molecule has 4 heteroatoms. The molecule has 0 spiro atoms.